The molecule has 2 amide bonds. The second kappa shape index (κ2) is 18.8. The number of rotatable bonds is 4. The Balaban J connectivity index is 0.000000152. The lowest BCUT2D eigenvalue weighted by atomic mass is 9.79. The number of ether oxygens (including phenoxy) is 2. The topological polar surface area (TPSA) is 185 Å². The van der Waals surface area contributed by atoms with Gasteiger partial charge in [0.05, 0.1) is 13.1 Å². The molecule has 6 aromatic rings. The fourth-order valence-corrected chi connectivity index (χ4v) is 8.85. The summed E-state index contributed by atoms with van der Waals surface area (Å²) in [6.07, 6.45) is 0.0891. The number of carbonyl (C=O) groups excluding carboxylic acids is 2. The summed E-state index contributed by atoms with van der Waals surface area (Å²) in [5.41, 5.74) is 14.3. The van der Waals surface area contributed by atoms with E-state index in [1.807, 2.05) is 91.0 Å². The van der Waals surface area contributed by atoms with E-state index in [2.05, 4.69) is 35.6 Å². The Morgan fingerprint density at radius 3 is 1.57 bits per heavy atom. The second-order valence-corrected chi connectivity index (χ2v) is 17.1. The Morgan fingerprint density at radius 2 is 1.10 bits per heavy atom. The zero-order chi connectivity index (χ0) is 48.5. The summed E-state index contributed by atoms with van der Waals surface area (Å²) >= 11 is 3.47. The first-order chi connectivity index (χ1) is 32.6. The van der Waals surface area contributed by atoms with E-state index in [0.29, 0.717) is 35.5 Å². The molecule has 18 heteroatoms. The van der Waals surface area contributed by atoms with Gasteiger partial charge in [-0.25, -0.2) is 28.5 Å². The van der Waals surface area contributed by atoms with Crippen LogP contribution in [0.1, 0.15) is 47.3 Å². The van der Waals surface area contributed by atoms with Gasteiger partial charge in [0.15, 0.2) is 23.0 Å². The van der Waals surface area contributed by atoms with E-state index in [-0.39, 0.29) is 52.8 Å². The Bertz CT molecular complexity index is 3110. The molecule has 0 aromatic heterocycles. The van der Waals surface area contributed by atoms with Crippen molar-refractivity contribution in [1.82, 2.24) is 9.80 Å². The van der Waals surface area contributed by atoms with Crippen LogP contribution in [-0.4, -0.2) is 64.8 Å². The van der Waals surface area contributed by atoms with Crippen LogP contribution in [0, 0.1) is 24.8 Å². The lowest BCUT2D eigenvalue weighted by Gasteiger charge is -2.37. The third kappa shape index (κ3) is 8.64. The molecule has 4 unspecified atom stereocenters. The molecule has 6 N–H and O–H groups in total. The van der Waals surface area contributed by atoms with Crippen LogP contribution in [0.5, 0.6) is 11.5 Å². The standard InChI is InChI=1S/C25H19FN4O2.C18H16BrN3O2.C7H5BFNO2/c1-28-20-13-17(8-10-19(20)26)16-9-11-21-18(12-16)25(23(31)30(2)24(27)29-25)14-22(32-21)15-6-4-3-5-7-15;1-22-16(23)18(21-17(22)20)10-15(11-5-3-2-4-6-11)24-14-8-7-12(19)9-13(14)18;1-10-7-4-5(8(11)12)2-3-6(7)9/h3-13,22H,14H2,2H3,(H2,27,29);2-9,15H,10H2,1H3,(H2,20,21);2-4,11-12H. The molecule has 14 nitrogen and oxygen atoms in total. The van der Waals surface area contributed by atoms with Crippen molar-refractivity contribution >= 4 is 63.6 Å². The van der Waals surface area contributed by atoms with Crippen molar-refractivity contribution in [3.8, 4) is 22.6 Å². The van der Waals surface area contributed by atoms with Crippen molar-refractivity contribution in [3.05, 3.63) is 195 Å². The Kier molecular flexibility index (Phi) is 12.9. The minimum absolute atomic E-state index is 0.0609. The van der Waals surface area contributed by atoms with Crippen LogP contribution in [0.4, 0.5) is 20.2 Å². The molecule has 10 rings (SSSR count). The first kappa shape index (κ1) is 46.6. The highest BCUT2D eigenvalue weighted by atomic mass is 79.9. The van der Waals surface area contributed by atoms with Crippen LogP contribution >= 0.6 is 15.9 Å². The molecule has 2 spiro atoms. The van der Waals surface area contributed by atoms with Crippen LogP contribution in [0.25, 0.3) is 20.8 Å². The van der Waals surface area contributed by atoms with Crippen molar-refractivity contribution in [3.63, 3.8) is 0 Å². The first-order valence-electron chi connectivity index (χ1n) is 20.9. The maximum absolute atomic E-state index is 13.8. The van der Waals surface area contributed by atoms with Gasteiger partial charge >= 0.3 is 7.12 Å². The van der Waals surface area contributed by atoms with E-state index in [9.17, 15) is 18.4 Å². The molecule has 4 aliphatic heterocycles. The van der Waals surface area contributed by atoms with E-state index >= 15 is 0 Å². The molecule has 0 radical (unpaired) electrons. The number of fused-ring (bicyclic) bond motifs is 4. The molecule has 340 valence electrons. The largest absolute Gasteiger partial charge is 0.487 e. The SMILES string of the molecule is CN1C(=O)C2(CC(c3ccccc3)Oc3ccc(Br)cc32)N=C1N.[C-]#[N+]c1cc(-c2ccc3c(c2)C2(CC(c4ccccc4)O3)N=C(N)N(C)C2=O)ccc1F.[C-]#[N+]c1cc(B(O)O)ccc1F. The summed E-state index contributed by atoms with van der Waals surface area (Å²) in [7, 11) is 1.60. The number of amides is 2. The summed E-state index contributed by atoms with van der Waals surface area (Å²) in [4.78, 5) is 44.5. The molecular formula is C50H40BBrF2N8O6. The van der Waals surface area contributed by atoms with Crippen LogP contribution in [0.3, 0.4) is 0 Å². The van der Waals surface area contributed by atoms with E-state index in [1.165, 1.54) is 28.0 Å². The number of hydrogen-bond donors (Lipinski definition) is 4. The van der Waals surface area contributed by atoms with Crippen LogP contribution in [0.2, 0.25) is 0 Å². The molecule has 0 fully saturated rings. The quantitative estimate of drug-likeness (QED) is 0.103. The summed E-state index contributed by atoms with van der Waals surface area (Å²) in [6.45, 7) is 13.7. The third-order valence-electron chi connectivity index (χ3n) is 12.1. The predicted molar refractivity (Wildman–Crippen MR) is 256 cm³/mol. The van der Waals surface area contributed by atoms with Crippen molar-refractivity contribution in [2.45, 2.75) is 36.1 Å². The average molecular weight is 978 g/mol. The Hall–Kier alpha value is -7.90. The smallest absolute Gasteiger partial charge is 0.485 e. The average Bonchev–Trinajstić information content (AvgIpc) is 3.70. The van der Waals surface area contributed by atoms with Gasteiger partial charge in [-0.3, -0.25) is 19.4 Å². The Labute approximate surface area is 398 Å². The lowest BCUT2D eigenvalue weighted by molar-refractivity contribution is -0.133. The van der Waals surface area contributed by atoms with Crippen molar-refractivity contribution in [2.75, 3.05) is 14.1 Å². The number of carbonyl (C=O) groups is 2. The monoisotopic (exact) mass is 976 g/mol. The number of nitrogens with two attached hydrogens (primary N) is 2. The number of guanidine groups is 2. The second-order valence-electron chi connectivity index (χ2n) is 16.2. The van der Waals surface area contributed by atoms with Gasteiger partial charge in [-0.05, 0) is 76.2 Å². The van der Waals surface area contributed by atoms with E-state index in [1.54, 1.807) is 26.2 Å². The fraction of sp³-hybridized carbons (Fsp3) is 0.160. The van der Waals surface area contributed by atoms with E-state index < -0.39 is 29.8 Å². The molecule has 4 aliphatic rings. The van der Waals surface area contributed by atoms with Crippen LogP contribution in [-0.2, 0) is 20.7 Å². The van der Waals surface area contributed by atoms with Gasteiger partial charge in [0.25, 0.3) is 11.8 Å². The van der Waals surface area contributed by atoms with Gasteiger partial charge in [0, 0.05) is 42.5 Å². The number of nitrogens with zero attached hydrogens (tertiary/aromatic N) is 6. The van der Waals surface area contributed by atoms with Crippen molar-refractivity contribution < 1.29 is 37.9 Å². The van der Waals surface area contributed by atoms with Crippen LogP contribution in [0.15, 0.2) is 148 Å². The molecule has 0 saturated heterocycles. The highest BCUT2D eigenvalue weighted by molar-refractivity contribution is 9.10. The van der Waals surface area contributed by atoms with Gasteiger partial charge in [0.2, 0.25) is 11.4 Å². The Morgan fingerprint density at radius 1 is 0.662 bits per heavy atom. The molecule has 4 heterocycles. The van der Waals surface area contributed by atoms with Crippen LogP contribution < -0.4 is 26.4 Å². The van der Waals surface area contributed by atoms with Gasteiger partial charge in [-0.2, -0.15) is 0 Å². The van der Waals surface area contributed by atoms with Gasteiger partial charge in [-0.1, -0.05) is 101 Å². The summed E-state index contributed by atoms with van der Waals surface area (Å²) in [6, 6.07) is 38.4. The number of aliphatic imine (C=N–C) groups is 2. The number of hydrogen-bond acceptors (Lipinski definition) is 10. The fourth-order valence-electron chi connectivity index (χ4n) is 8.49. The molecule has 0 aliphatic carbocycles. The normalized spacial score (nSPS) is 20.8. The zero-order valence-corrected chi connectivity index (χ0v) is 37.9. The van der Waals surface area contributed by atoms with Gasteiger partial charge in [0.1, 0.15) is 35.3 Å². The molecule has 68 heavy (non-hydrogen) atoms. The zero-order valence-electron chi connectivity index (χ0n) is 36.3. The minimum Gasteiger partial charge on any atom is -0.485 e. The molecule has 6 aromatic carbocycles. The maximum atomic E-state index is 13.8. The number of benzene rings is 6. The number of halogens is 3. The predicted octanol–water partition coefficient (Wildman–Crippen LogP) is 7.56. The van der Waals surface area contributed by atoms with E-state index in [0.717, 1.165) is 38.9 Å². The van der Waals surface area contributed by atoms with Gasteiger partial charge < -0.3 is 31.0 Å². The highest BCUT2D eigenvalue weighted by Gasteiger charge is 2.55. The third-order valence-corrected chi connectivity index (χ3v) is 12.6. The lowest BCUT2D eigenvalue weighted by Crippen LogP contribution is -2.43. The van der Waals surface area contributed by atoms with Crippen molar-refractivity contribution in [1.29, 1.82) is 0 Å². The molecular weight excluding hydrogens is 937 g/mol. The molecule has 4 atom stereocenters. The van der Waals surface area contributed by atoms with E-state index in [4.69, 9.17) is 44.1 Å². The first-order valence-corrected chi connectivity index (χ1v) is 21.7. The number of likely N-dealkylation sites (N-methyl/N-ethyl adjacent to an activating group) is 2. The van der Waals surface area contributed by atoms with Gasteiger partial charge in [-0.15, -0.1) is 0 Å². The minimum atomic E-state index is -1.66. The molecule has 0 bridgehead atoms. The summed E-state index contributed by atoms with van der Waals surface area (Å²) < 4.78 is 39.8. The maximum Gasteiger partial charge on any atom is 0.487 e. The molecule has 0 saturated carbocycles. The summed E-state index contributed by atoms with van der Waals surface area (Å²) in [5, 5.41) is 17.3. The summed E-state index contributed by atoms with van der Waals surface area (Å²) in [5.74, 6) is 0.0191. The van der Waals surface area contributed by atoms with Crippen molar-refractivity contribution in [2.24, 2.45) is 21.5 Å². The highest BCUT2D eigenvalue weighted by Crippen LogP contribution is 2.52.